The molecule has 0 amide bonds. The lowest BCUT2D eigenvalue weighted by molar-refractivity contribution is 0.0529. The number of nitrogen functional groups attached to an aromatic ring is 1. The predicted molar refractivity (Wildman–Crippen MR) is 96.1 cm³/mol. The molecular formula is C19H23NO2S. The normalized spacial score (nSPS) is 13.7. The first-order valence-corrected chi connectivity index (χ1v) is 9.17. The van der Waals surface area contributed by atoms with Gasteiger partial charge in [0.25, 0.3) is 0 Å². The third-order valence-electron chi connectivity index (χ3n) is 4.45. The third-order valence-corrected chi connectivity index (χ3v) is 5.61. The van der Waals surface area contributed by atoms with Gasteiger partial charge in [-0.1, -0.05) is 25.1 Å². The molecule has 0 saturated carbocycles. The SMILES string of the molecule is CCOC(=O)c1c(N)sc(CC)c1-c1ccc2c(c1)CCCC2. The molecule has 0 spiro atoms. The number of anilines is 1. The van der Waals surface area contributed by atoms with Crippen molar-refractivity contribution in [2.75, 3.05) is 12.3 Å². The molecule has 0 radical (unpaired) electrons. The summed E-state index contributed by atoms with van der Waals surface area (Å²) in [5.41, 5.74) is 11.6. The summed E-state index contributed by atoms with van der Waals surface area (Å²) >= 11 is 1.50. The number of hydrogen-bond acceptors (Lipinski definition) is 4. The predicted octanol–water partition coefficient (Wildman–Crippen LogP) is 4.62. The molecule has 0 fully saturated rings. The lowest BCUT2D eigenvalue weighted by atomic mass is 9.88. The summed E-state index contributed by atoms with van der Waals surface area (Å²) in [6.07, 6.45) is 5.66. The van der Waals surface area contributed by atoms with E-state index in [-0.39, 0.29) is 5.97 Å². The zero-order valence-corrected chi connectivity index (χ0v) is 14.6. The van der Waals surface area contributed by atoms with Gasteiger partial charge in [0.2, 0.25) is 0 Å². The molecule has 1 aromatic carbocycles. The quantitative estimate of drug-likeness (QED) is 0.833. The van der Waals surface area contributed by atoms with Gasteiger partial charge in [-0.3, -0.25) is 0 Å². The van der Waals surface area contributed by atoms with Crippen molar-refractivity contribution in [1.82, 2.24) is 0 Å². The van der Waals surface area contributed by atoms with Crippen LogP contribution < -0.4 is 5.73 Å². The lowest BCUT2D eigenvalue weighted by Gasteiger charge is -2.17. The van der Waals surface area contributed by atoms with Crippen LogP contribution >= 0.6 is 11.3 Å². The van der Waals surface area contributed by atoms with E-state index in [0.29, 0.717) is 17.2 Å². The van der Waals surface area contributed by atoms with Crippen LogP contribution in [-0.4, -0.2) is 12.6 Å². The van der Waals surface area contributed by atoms with Crippen LogP contribution in [0, 0.1) is 0 Å². The fraction of sp³-hybridized carbons (Fsp3) is 0.421. The Hall–Kier alpha value is -1.81. The van der Waals surface area contributed by atoms with Crippen LogP contribution in [0.25, 0.3) is 11.1 Å². The van der Waals surface area contributed by atoms with E-state index < -0.39 is 0 Å². The van der Waals surface area contributed by atoms with Crippen molar-refractivity contribution in [2.24, 2.45) is 0 Å². The number of carbonyl (C=O) groups is 1. The van der Waals surface area contributed by atoms with E-state index in [1.165, 1.54) is 35.3 Å². The molecule has 1 aliphatic carbocycles. The number of thiophene rings is 1. The topological polar surface area (TPSA) is 52.3 Å². The molecule has 4 heteroatoms. The molecule has 1 heterocycles. The molecule has 0 atom stereocenters. The largest absolute Gasteiger partial charge is 0.462 e. The molecular weight excluding hydrogens is 306 g/mol. The van der Waals surface area contributed by atoms with E-state index in [4.69, 9.17) is 10.5 Å². The van der Waals surface area contributed by atoms with E-state index in [9.17, 15) is 4.79 Å². The number of rotatable bonds is 4. The second-order valence-corrected chi connectivity index (χ2v) is 7.04. The summed E-state index contributed by atoms with van der Waals surface area (Å²) in [6, 6.07) is 6.59. The molecule has 1 aliphatic rings. The summed E-state index contributed by atoms with van der Waals surface area (Å²) < 4.78 is 5.23. The average molecular weight is 329 g/mol. The highest BCUT2D eigenvalue weighted by atomic mass is 32.1. The molecule has 122 valence electrons. The summed E-state index contributed by atoms with van der Waals surface area (Å²) in [5.74, 6) is -0.311. The molecule has 0 unspecified atom stereocenters. The van der Waals surface area contributed by atoms with Crippen LogP contribution in [0.3, 0.4) is 0 Å². The van der Waals surface area contributed by atoms with Gasteiger partial charge in [0.05, 0.1) is 6.61 Å². The maximum Gasteiger partial charge on any atom is 0.341 e. The summed E-state index contributed by atoms with van der Waals surface area (Å²) in [7, 11) is 0. The first-order chi connectivity index (χ1) is 11.2. The fourth-order valence-electron chi connectivity index (χ4n) is 3.35. The van der Waals surface area contributed by atoms with Gasteiger partial charge in [-0.05, 0) is 55.7 Å². The Balaban J connectivity index is 2.12. The number of fused-ring (bicyclic) bond motifs is 1. The minimum Gasteiger partial charge on any atom is -0.462 e. The second kappa shape index (κ2) is 6.75. The number of aryl methyl sites for hydroxylation is 3. The molecule has 3 nitrogen and oxygen atoms in total. The molecule has 23 heavy (non-hydrogen) atoms. The van der Waals surface area contributed by atoms with Gasteiger partial charge < -0.3 is 10.5 Å². The summed E-state index contributed by atoms with van der Waals surface area (Å²) in [5, 5.41) is 0.563. The molecule has 1 aromatic heterocycles. The number of esters is 1. The van der Waals surface area contributed by atoms with Gasteiger partial charge in [0.1, 0.15) is 10.6 Å². The zero-order valence-electron chi connectivity index (χ0n) is 13.8. The van der Waals surface area contributed by atoms with Crippen molar-refractivity contribution in [1.29, 1.82) is 0 Å². The van der Waals surface area contributed by atoms with Crippen LogP contribution in [0.2, 0.25) is 0 Å². The van der Waals surface area contributed by atoms with Gasteiger partial charge in [0, 0.05) is 10.4 Å². The van der Waals surface area contributed by atoms with Crippen LogP contribution in [0.1, 0.15) is 53.1 Å². The van der Waals surface area contributed by atoms with Crippen molar-refractivity contribution in [2.45, 2.75) is 46.0 Å². The molecule has 2 N–H and O–H groups in total. The molecule has 2 aromatic rings. The number of ether oxygens (including phenoxy) is 1. The summed E-state index contributed by atoms with van der Waals surface area (Å²) in [6.45, 7) is 4.28. The van der Waals surface area contributed by atoms with Crippen LogP contribution in [0.15, 0.2) is 18.2 Å². The van der Waals surface area contributed by atoms with Gasteiger partial charge in [0.15, 0.2) is 0 Å². The molecule has 0 aliphatic heterocycles. The molecule has 0 saturated heterocycles. The van der Waals surface area contributed by atoms with Crippen molar-refractivity contribution in [3.8, 4) is 11.1 Å². The van der Waals surface area contributed by atoms with Crippen molar-refractivity contribution in [3.05, 3.63) is 39.8 Å². The maximum atomic E-state index is 12.4. The number of nitrogens with two attached hydrogens (primary N) is 1. The van der Waals surface area contributed by atoms with Gasteiger partial charge in [-0.25, -0.2) is 4.79 Å². The van der Waals surface area contributed by atoms with Crippen LogP contribution in [0.5, 0.6) is 0 Å². The average Bonchev–Trinajstić information content (AvgIpc) is 2.91. The van der Waals surface area contributed by atoms with Crippen molar-refractivity contribution in [3.63, 3.8) is 0 Å². The summed E-state index contributed by atoms with van der Waals surface area (Å²) in [4.78, 5) is 13.5. The molecule has 0 bridgehead atoms. The first-order valence-electron chi connectivity index (χ1n) is 8.36. The Bertz CT molecular complexity index is 733. The Kier molecular flexibility index (Phi) is 4.71. The minimum atomic E-state index is -0.311. The lowest BCUT2D eigenvalue weighted by Crippen LogP contribution is -2.08. The highest BCUT2D eigenvalue weighted by molar-refractivity contribution is 7.17. The van der Waals surface area contributed by atoms with E-state index >= 15 is 0 Å². The van der Waals surface area contributed by atoms with Gasteiger partial charge in [-0.2, -0.15) is 0 Å². The standard InChI is InChI=1S/C19H23NO2S/c1-3-15-16(17(18(20)23-15)19(21)22-4-2)14-10-9-12-7-5-6-8-13(12)11-14/h9-11H,3-8,20H2,1-2H3. The Morgan fingerprint density at radius 1 is 1.22 bits per heavy atom. The number of carbonyl (C=O) groups excluding carboxylic acids is 1. The van der Waals surface area contributed by atoms with E-state index in [1.807, 2.05) is 6.92 Å². The van der Waals surface area contributed by atoms with Crippen molar-refractivity contribution < 1.29 is 9.53 Å². The van der Waals surface area contributed by atoms with E-state index in [2.05, 4.69) is 25.1 Å². The first kappa shape index (κ1) is 16.1. The minimum absolute atomic E-state index is 0.311. The van der Waals surface area contributed by atoms with E-state index in [0.717, 1.165) is 35.3 Å². The maximum absolute atomic E-state index is 12.4. The fourth-order valence-corrected chi connectivity index (χ4v) is 4.37. The monoisotopic (exact) mass is 329 g/mol. The molecule has 3 rings (SSSR count). The van der Waals surface area contributed by atoms with Crippen LogP contribution in [-0.2, 0) is 24.0 Å². The van der Waals surface area contributed by atoms with Crippen molar-refractivity contribution >= 4 is 22.3 Å². The highest BCUT2D eigenvalue weighted by Crippen LogP contribution is 2.40. The Morgan fingerprint density at radius 2 is 1.96 bits per heavy atom. The Labute approximate surface area is 141 Å². The second-order valence-electron chi connectivity index (χ2n) is 5.90. The highest BCUT2D eigenvalue weighted by Gasteiger charge is 2.24. The number of hydrogen-bond donors (Lipinski definition) is 1. The van der Waals surface area contributed by atoms with E-state index in [1.54, 1.807) is 0 Å². The number of benzene rings is 1. The third kappa shape index (κ3) is 3.00. The van der Waals surface area contributed by atoms with Crippen LogP contribution in [0.4, 0.5) is 5.00 Å². The zero-order chi connectivity index (χ0) is 16.4. The van der Waals surface area contributed by atoms with Gasteiger partial charge >= 0.3 is 5.97 Å². The Morgan fingerprint density at radius 3 is 2.65 bits per heavy atom. The smallest absolute Gasteiger partial charge is 0.341 e. The van der Waals surface area contributed by atoms with Gasteiger partial charge in [-0.15, -0.1) is 11.3 Å².